The smallest absolute Gasteiger partial charge is 0.238 e. The number of benzene rings is 1. The normalized spacial score (nSPS) is 17.2. The van der Waals surface area contributed by atoms with Crippen LogP contribution in [0.3, 0.4) is 0 Å². The van der Waals surface area contributed by atoms with E-state index >= 15 is 0 Å². The number of nitrogens with zero attached hydrogens (tertiary/aromatic N) is 2. The first-order valence-electron chi connectivity index (χ1n) is 9.17. The highest BCUT2D eigenvalue weighted by molar-refractivity contribution is 7.89. The van der Waals surface area contributed by atoms with Crippen molar-refractivity contribution in [2.45, 2.75) is 44.3 Å². The lowest BCUT2D eigenvalue weighted by Gasteiger charge is -2.21. The van der Waals surface area contributed by atoms with Gasteiger partial charge in [-0.05, 0) is 51.3 Å². The van der Waals surface area contributed by atoms with Crippen LogP contribution in [0.25, 0.3) is 11.1 Å². The van der Waals surface area contributed by atoms with E-state index in [9.17, 15) is 8.42 Å². The molecule has 0 spiro atoms. The SMILES string of the molecule is Cc1nn(C)c(C)c1-c1cc(S(N)(=O)=O)ccc1C#CCOC1CCCCO1. The third kappa shape index (κ3) is 4.62. The molecule has 1 fully saturated rings. The molecule has 1 aromatic heterocycles. The summed E-state index contributed by atoms with van der Waals surface area (Å²) in [4.78, 5) is 0.0440. The zero-order valence-electron chi connectivity index (χ0n) is 16.4. The summed E-state index contributed by atoms with van der Waals surface area (Å²) in [6, 6.07) is 4.70. The highest BCUT2D eigenvalue weighted by Crippen LogP contribution is 2.31. The minimum Gasteiger partial charge on any atom is -0.353 e. The summed E-state index contributed by atoms with van der Waals surface area (Å²) in [7, 11) is -1.98. The molecular weight excluding hydrogens is 378 g/mol. The van der Waals surface area contributed by atoms with Gasteiger partial charge in [0.2, 0.25) is 10.0 Å². The Bertz CT molecular complexity index is 1030. The molecule has 2 N–H and O–H groups in total. The Morgan fingerprint density at radius 2 is 2.14 bits per heavy atom. The van der Waals surface area contributed by atoms with Crippen LogP contribution in [0.2, 0.25) is 0 Å². The number of sulfonamides is 1. The van der Waals surface area contributed by atoms with Crippen LogP contribution in [-0.2, 0) is 26.5 Å². The number of hydrogen-bond acceptors (Lipinski definition) is 5. The van der Waals surface area contributed by atoms with Crippen molar-refractivity contribution in [3.63, 3.8) is 0 Å². The van der Waals surface area contributed by atoms with Crippen LogP contribution in [0.15, 0.2) is 23.1 Å². The summed E-state index contributed by atoms with van der Waals surface area (Å²) in [6.07, 6.45) is 2.84. The minimum absolute atomic E-state index is 0.0440. The number of rotatable bonds is 4. The summed E-state index contributed by atoms with van der Waals surface area (Å²) in [5.41, 5.74) is 3.95. The number of ether oxygens (including phenoxy) is 2. The van der Waals surface area contributed by atoms with E-state index in [-0.39, 0.29) is 17.8 Å². The molecule has 1 unspecified atom stereocenters. The second-order valence-corrected chi connectivity index (χ2v) is 8.39. The molecule has 0 saturated carbocycles. The quantitative estimate of drug-likeness (QED) is 0.790. The number of nitrogens with two attached hydrogens (primary N) is 1. The Hall–Kier alpha value is -2.18. The molecule has 7 nitrogen and oxygen atoms in total. The van der Waals surface area contributed by atoms with Crippen LogP contribution < -0.4 is 5.14 Å². The lowest BCUT2D eigenvalue weighted by Crippen LogP contribution is -2.22. The number of aryl methyl sites for hydroxylation is 2. The van der Waals surface area contributed by atoms with E-state index in [0.29, 0.717) is 11.1 Å². The van der Waals surface area contributed by atoms with Gasteiger partial charge >= 0.3 is 0 Å². The van der Waals surface area contributed by atoms with Gasteiger partial charge < -0.3 is 9.47 Å². The Kier molecular flexibility index (Phi) is 6.20. The van der Waals surface area contributed by atoms with Crippen LogP contribution in [-0.4, -0.2) is 37.7 Å². The highest BCUT2D eigenvalue weighted by Gasteiger charge is 2.18. The van der Waals surface area contributed by atoms with E-state index in [1.165, 1.54) is 6.07 Å². The average molecular weight is 404 g/mol. The van der Waals surface area contributed by atoms with Gasteiger partial charge in [-0.25, -0.2) is 13.6 Å². The lowest BCUT2D eigenvalue weighted by atomic mass is 9.98. The van der Waals surface area contributed by atoms with E-state index < -0.39 is 10.0 Å². The Morgan fingerprint density at radius 1 is 1.36 bits per heavy atom. The largest absolute Gasteiger partial charge is 0.353 e. The summed E-state index contributed by atoms with van der Waals surface area (Å²) in [5, 5.41) is 9.74. The maximum atomic E-state index is 11.8. The average Bonchev–Trinajstić information content (AvgIpc) is 2.91. The summed E-state index contributed by atoms with van der Waals surface area (Å²) >= 11 is 0. The fraction of sp³-hybridized carbons (Fsp3) is 0.450. The van der Waals surface area contributed by atoms with E-state index in [1.807, 2.05) is 20.9 Å². The lowest BCUT2D eigenvalue weighted by molar-refractivity contribution is -0.154. The highest BCUT2D eigenvalue weighted by atomic mass is 32.2. The van der Waals surface area contributed by atoms with E-state index in [4.69, 9.17) is 14.6 Å². The van der Waals surface area contributed by atoms with Crippen molar-refractivity contribution in [1.29, 1.82) is 0 Å². The molecule has 1 atom stereocenters. The zero-order valence-corrected chi connectivity index (χ0v) is 17.2. The molecule has 2 aromatic rings. The van der Waals surface area contributed by atoms with Gasteiger partial charge in [-0.1, -0.05) is 11.8 Å². The van der Waals surface area contributed by atoms with Gasteiger partial charge in [-0.3, -0.25) is 4.68 Å². The zero-order chi connectivity index (χ0) is 20.3. The summed E-state index contributed by atoms with van der Waals surface area (Å²) in [5.74, 6) is 6.09. The van der Waals surface area contributed by atoms with Gasteiger partial charge in [0.05, 0.1) is 10.6 Å². The molecule has 1 saturated heterocycles. The first-order chi connectivity index (χ1) is 13.3. The molecule has 1 aliphatic rings. The van der Waals surface area contributed by atoms with E-state index in [0.717, 1.165) is 42.8 Å². The monoisotopic (exact) mass is 403 g/mol. The Labute approximate surface area is 165 Å². The van der Waals surface area contributed by atoms with Gasteiger partial charge in [0.1, 0.15) is 6.61 Å². The van der Waals surface area contributed by atoms with Gasteiger partial charge in [0.25, 0.3) is 0 Å². The molecule has 0 bridgehead atoms. The van der Waals surface area contributed by atoms with Gasteiger partial charge in [0, 0.05) is 36.0 Å². The van der Waals surface area contributed by atoms with Crippen molar-refractivity contribution in [2.75, 3.05) is 13.2 Å². The first kappa shape index (κ1) is 20.6. The molecule has 0 radical (unpaired) electrons. The van der Waals surface area contributed by atoms with E-state index in [2.05, 4.69) is 16.9 Å². The second kappa shape index (κ2) is 8.45. The van der Waals surface area contributed by atoms with Crippen molar-refractivity contribution < 1.29 is 17.9 Å². The number of aromatic nitrogens is 2. The molecule has 0 amide bonds. The molecular formula is C20H25N3O4S. The third-order valence-electron chi connectivity index (χ3n) is 4.80. The van der Waals surface area contributed by atoms with Crippen LogP contribution in [0.5, 0.6) is 0 Å². The van der Waals surface area contributed by atoms with Crippen molar-refractivity contribution in [1.82, 2.24) is 9.78 Å². The molecule has 3 rings (SSSR count). The topological polar surface area (TPSA) is 96.4 Å². The van der Waals surface area contributed by atoms with Crippen LogP contribution in [0.1, 0.15) is 36.2 Å². The van der Waals surface area contributed by atoms with Crippen LogP contribution in [0, 0.1) is 25.7 Å². The first-order valence-corrected chi connectivity index (χ1v) is 10.7. The Morgan fingerprint density at radius 3 is 2.75 bits per heavy atom. The van der Waals surface area contributed by atoms with Gasteiger partial charge in [-0.2, -0.15) is 5.10 Å². The molecule has 8 heteroatoms. The predicted octanol–water partition coefficient (Wildman–Crippen LogP) is 2.25. The molecule has 2 heterocycles. The molecule has 0 aliphatic carbocycles. The van der Waals surface area contributed by atoms with Crippen molar-refractivity contribution in [3.05, 3.63) is 35.2 Å². The number of primary sulfonamides is 1. The predicted molar refractivity (Wildman–Crippen MR) is 106 cm³/mol. The van der Waals surface area contributed by atoms with Crippen molar-refractivity contribution in [3.8, 4) is 23.0 Å². The molecule has 1 aliphatic heterocycles. The standard InChI is InChI=1S/C20H25N3O4S/c1-14-20(15(2)23(3)22-14)18-13-17(28(21,24)25)10-9-16(18)7-6-12-27-19-8-4-5-11-26-19/h9-10,13,19H,4-5,8,11-12H2,1-3H3,(H2,21,24,25). The van der Waals surface area contributed by atoms with Crippen LogP contribution >= 0.6 is 0 Å². The van der Waals surface area contributed by atoms with Crippen molar-refractivity contribution >= 4 is 10.0 Å². The molecule has 150 valence electrons. The molecule has 1 aromatic carbocycles. The van der Waals surface area contributed by atoms with Gasteiger partial charge in [0.15, 0.2) is 6.29 Å². The summed E-state index contributed by atoms with van der Waals surface area (Å²) < 4.78 is 36.6. The second-order valence-electron chi connectivity index (χ2n) is 6.83. The molecule has 28 heavy (non-hydrogen) atoms. The van der Waals surface area contributed by atoms with Gasteiger partial charge in [-0.15, -0.1) is 0 Å². The maximum absolute atomic E-state index is 11.8. The fourth-order valence-corrected chi connectivity index (χ4v) is 3.83. The van der Waals surface area contributed by atoms with Crippen LogP contribution in [0.4, 0.5) is 0 Å². The fourth-order valence-electron chi connectivity index (χ4n) is 3.29. The third-order valence-corrected chi connectivity index (χ3v) is 5.71. The Balaban J connectivity index is 1.93. The maximum Gasteiger partial charge on any atom is 0.238 e. The minimum atomic E-state index is -3.83. The van der Waals surface area contributed by atoms with E-state index in [1.54, 1.807) is 16.8 Å². The van der Waals surface area contributed by atoms with Crippen molar-refractivity contribution in [2.24, 2.45) is 12.2 Å². The number of hydrogen-bond donors (Lipinski definition) is 1. The summed E-state index contributed by atoms with van der Waals surface area (Å²) in [6.45, 7) is 4.77.